The lowest BCUT2D eigenvalue weighted by molar-refractivity contribution is -0.384. The second-order valence-electron chi connectivity index (χ2n) is 5.73. The summed E-state index contributed by atoms with van der Waals surface area (Å²) < 4.78 is 31.9. The maximum atomic E-state index is 12.7. The Morgan fingerprint density at radius 2 is 2.00 bits per heavy atom. The third-order valence-electron chi connectivity index (χ3n) is 3.99. The summed E-state index contributed by atoms with van der Waals surface area (Å²) in [7, 11) is -3.72. The number of carbonyl (C=O) groups excluding carboxylic acids is 1. The summed E-state index contributed by atoms with van der Waals surface area (Å²) in [5.41, 5.74) is 0.347. The molecule has 0 saturated carbocycles. The van der Waals surface area contributed by atoms with E-state index in [1.54, 1.807) is 6.07 Å². The van der Waals surface area contributed by atoms with Crippen LogP contribution in [0, 0.1) is 10.1 Å². The van der Waals surface area contributed by atoms with Gasteiger partial charge in [-0.05, 0) is 29.9 Å². The van der Waals surface area contributed by atoms with Crippen LogP contribution < -0.4 is 0 Å². The number of carbonyl (C=O) groups is 1. The van der Waals surface area contributed by atoms with Crippen molar-refractivity contribution in [3.05, 3.63) is 56.3 Å². The molecule has 0 amide bonds. The number of nitro benzene ring substituents is 1. The molecular formula is C16H16N2O6S2. The zero-order valence-electron chi connectivity index (χ0n) is 13.7. The maximum Gasteiger partial charge on any atom is 0.350 e. The molecule has 1 aliphatic heterocycles. The van der Waals surface area contributed by atoms with Gasteiger partial charge in [0.1, 0.15) is 16.4 Å². The van der Waals surface area contributed by atoms with E-state index >= 15 is 0 Å². The topological polar surface area (TPSA) is 107 Å². The third kappa shape index (κ3) is 3.76. The van der Waals surface area contributed by atoms with Crippen molar-refractivity contribution >= 4 is 33.0 Å². The van der Waals surface area contributed by atoms with E-state index < -0.39 is 20.9 Å². The highest BCUT2D eigenvalue weighted by Gasteiger charge is 2.32. The summed E-state index contributed by atoms with van der Waals surface area (Å²) in [5, 5.41) is 12.3. The van der Waals surface area contributed by atoms with Crippen LogP contribution in [-0.4, -0.2) is 36.7 Å². The summed E-state index contributed by atoms with van der Waals surface area (Å²) in [4.78, 5) is 22.6. The summed E-state index contributed by atoms with van der Waals surface area (Å²) in [6, 6.07) is 7.14. The average Bonchev–Trinajstić information content (AvgIpc) is 3.31. The Kier molecular flexibility index (Phi) is 5.35. The summed E-state index contributed by atoms with van der Waals surface area (Å²) >= 11 is 0.998. The predicted octanol–water partition coefficient (Wildman–Crippen LogP) is 2.80. The lowest BCUT2D eigenvalue weighted by atomic mass is 10.2. The van der Waals surface area contributed by atoms with Crippen molar-refractivity contribution in [1.82, 2.24) is 4.31 Å². The molecule has 8 nitrogen and oxygen atoms in total. The molecule has 2 aromatic rings. The van der Waals surface area contributed by atoms with Crippen LogP contribution in [0.1, 0.15) is 28.1 Å². The van der Waals surface area contributed by atoms with E-state index in [0.29, 0.717) is 18.7 Å². The van der Waals surface area contributed by atoms with Crippen LogP contribution in [0.15, 0.2) is 40.6 Å². The number of hydrogen-bond donors (Lipinski definition) is 0. The van der Waals surface area contributed by atoms with Gasteiger partial charge in [0.15, 0.2) is 0 Å². The highest BCUT2D eigenvalue weighted by atomic mass is 32.2. The first kappa shape index (κ1) is 18.5. The molecule has 3 rings (SSSR count). The quantitative estimate of drug-likeness (QED) is 0.422. The SMILES string of the molecule is O=C(OCc1cccc([N+](=O)[O-])c1)c1sccc1S(=O)(=O)N1CCCC1. The van der Waals surface area contributed by atoms with Gasteiger partial charge in [-0.3, -0.25) is 10.1 Å². The Morgan fingerprint density at radius 1 is 1.27 bits per heavy atom. The van der Waals surface area contributed by atoms with Gasteiger partial charge in [-0.2, -0.15) is 4.31 Å². The van der Waals surface area contributed by atoms with E-state index in [4.69, 9.17) is 4.74 Å². The molecule has 138 valence electrons. The van der Waals surface area contributed by atoms with Crippen LogP contribution in [0.2, 0.25) is 0 Å². The Labute approximate surface area is 154 Å². The number of benzene rings is 1. The van der Waals surface area contributed by atoms with Crippen molar-refractivity contribution in [3.8, 4) is 0 Å². The Balaban J connectivity index is 1.74. The normalized spacial score (nSPS) is 15.1. The smallest absolute Gasteiger partial charge is 0.350 e. The Bertz CT molecular complexity index is 932. The minimum atomic E-state index is -3.72. The summed E-state index contributed by atoms with van der Waals surface area (Å²) in [5.74, 6) is -0.760. The van der Waals surface area contributed by atoms with Crippen molar-refractivity contribution < 1.29 is 22.9 Å². The van der Waals surface area contributed by atoms with Crippen molar-refractivity contribution in [1.29, 1.82) is 0 Å². The molecule has 0 radical (unpaired) electrons. The zero-order valence-corrected chi connectivity index (χ0v) is 15.3. The number of nitrogens with zero attached hydrogens (tertiary/aromatic N) is 2. The number of ether oxygens (including phenoxy) is 1. The van der Waals surface area contributed by atoms with Crippen molar-refractivity contribution in [2.24, 2.45) is 0 Å². The molecular weight excluding hydrogens is 380 g/mol. The predicted molar refractivity (Wildman–Crippen MR) is 94.5 cm³/mol. The molecule has 1 saturated heterocycles. The van der Waals surface area contributed by atoms with Gasteiger partial charge in [-0.15, -0.1) is 11.3 Å². The Morgan fingerprint density at radius 3 is 2.69 bits per heavy atom. The molecule has 1 aromatic carbocycles. The zero-order chi connectivity index (χ0) is 18.7. The van der Waals surface area contributed by atoms with E-state index in [2.05, 4.69) is 0 Å². The maximum absolute atomic E-state index is 12.7. The largest absolute Gasteiger partial charge is 0.457 e. The molecule has 2 heterocycles. The van der Waals surface area contributed by atoms with Crippen molar-refractivity contribution in [2.45, 2.75) is 24.3 Å². The standard InChI is InChI=1S/C16H16N2O6S2/c19-16(24-11-12-4-3-5-13(10-12)18(20)21)15-14(6-9-25-15)26(22,23)17-7-1-2-8-17/h3-6,9-10H,1-2,7-8,11H2. The van der Waals surface area contributed by atoms with E-state index in [9.17, 15) is 23.3 Å². The average molecular weight is 396 g/mol. The molecule has 26 heavy (non-hydrogen) atoms. The molecule has 0 atom stereocenters. The number of sulfonamides is 1. The molecule has 0 aliphatic carbocycles. The molecule has 0 unspecified atom stereocenters. The van der Waals surface area contributed by atoms with Crippen molar-refractivity contribution in [2.75, 3.05) is 13.1 Å². The minimum absolute atomic E-state index is 0.0160. The number of rotatable bonds is 6. The van der Waals surface area contributed by atoms with Crippen LogP contribution in [0.25, 0.3) is 0 Å². The van der Waals surface area contributed by atoms with Gasteiger partial charge < -0.3 is 4.74 Å². The lowest BCUT2D eigenvalue weighted by Crippen LogP contribution is -2.28. The van der Waals surface area contributed by atoms with Gasteiger partial charge in [0.2, 0.25) is 10.0 Å². The highest BCUT2D eigenvalue weighted by molar-refractivity contribution is 7.89. The van der Waals surface area contributed by atoms with Crippen LogP contribution in [0.4, 0.5) is 5.69 Å². The molecule has 1 aliphatic rings. The first-order chi connectivity index (χ1) is 12.4. The first-order valence-corrected chi connectivity index (χ1v) is 10.2. The van der Waals surface area contributed by atoms with Crippen LogP contribution in [0.3, 0.4) is 0 Å². The van der Waals surface area contributed by atoms with Gasteiger partial charge in [-0.1, -0.05) is 12.1 Å². The molecule has 0 bridgehead atoms. The van der Waals surface area contributed by atoms with Gasteiger partial charge in [-0.25, -0.2) is 13.2 Å². The van der Waals surface area contributed by atoms with Gasteiger partial charge >= 0.3 is 5.97 Å². The van der Waals surface area contributed by atoms with Gasteiger partial charge in [0.25, 0.3) is 5.69 Å². The fourth-order valence-corrected chi connectivity index (χ4v) is 5.49. The number of non-ortho nitro benzene ring substituents is 1. The van der Waals surface area contributed by atoms with Crippen LogP contribution in [0.5, 0.6) is 0 Å². The summed E-state index contributed by atoms with van der Waals surface area (Å²) in [6.45, 7) is 0.711. The summed E-state index contributed by atoms with van der Waals surface area (Å²) in [6.07, 6.45) is 1.60. The van der Waals surface area contributed by atoms with E-state index in [1.165, 1.54) is 34.0 Å². The third-order valence-corrected chi connectivity index (χ3v) is 6.95. The van der Waals surface area contributed by atoms with E-state index in [1.807, 2.05) is 0 Å². The molecule has 0 N–H and O–H groups in total. The number of nitro groups is 1. The molecule has 0 spiro atoms. The van der Waals surface area contributed by atoms with E-state index in [-0.39, 0.29) is 22.1 Å². The first-order valence-electron chi connectivity index (χ1n) is 7.87. The lowest BCUT2D eigenvalue weighted by Gasteiger charge is -2.15. The number of esters is 1. The highest BCUT2D eigenvalue weighted by Crippen LogP contribution is 2.28. The Hall–Kier alpha value is -2.30. The number of hydrogen-bond acceptors (Lipinski definition) is 7. The second kappa shape index (κ2) is 7.52. The fourth-order valence-electron chi connectivity index (χ4n) is 2.69. The van der Waals surface area contributed by atoms with Crippen LogP contribution in [-0.2, 0) is 21.4 Å². The second-order valence-corrected chi connectivity index (χ2v) is 8.55. The van der Waals surface area contributed by atoms with Crippen LogP contribution >= 0.6 is 11.3 Å². The molecule has 1 fully saturated rings. The monoisotopic (exact) mass is 396 g/mol. The minimum Gasteiger partial charge on any atom is -0.457 e. The molecule has 1 aromatic heterocycles. The van der Waals surface area contributed by atoms with Gasteiger partial charge in [0, 0.05) is 25.2 Å². The van der Waals surface area contributed by atoms with Gasteiger partial charge in [0.05, 0.1) is 4.92 Å². The fraction of sp³-hybridized carbons (Fsp3) is 0.312. The van der Waals surface area contributed by atoms with Crippen molar-refractivity contribution in [3.63, 3.8) is 0 Å². The number of thiophene rings is 1. The van der Waals surface area contributed by atoms with E-state index in [0.717, 1.165) is 24.2 Å². The molecule has 10 heteroatoms.